The van der Waals surface area contributed by atoms with Crippen molar-refractivity contribution >= 4 is 67.4 Å². The Hall–Kier alpha value is -3.90. The van der Waals surface area contributed by atoms with E-state index >= 15 is 0 Å². The Kier molecular flexibility index (Phi) is 9.89. The summed E-state index contributed by atoms with van der Waals surface area (Å²) >= 11 is 12.1. The molecule has 4 aromatic rings. The molecule has 1 amide bonds. The third-order valence-corrected chi connectivity index (χ3v) is 8.43. The molecule has 0 unspecified atom stereocenters. The predicted octanol–water partition coefficient (Wildman–Crippen LogP) is 4.73. The molecule has 1 heterocycles. The lowest BCUT2D eigenvalue weighted by Gasteiger charge is -2.25. The van der Waals surface area contributed by atoms with E-state index in [2.05, 4.69) is 20.5 Å². The predicted molar refractivity (Wildman–Crippen MR) is 165 cm³/mol. The molecule has 0 radical (unpaired) electrons. The summed E-state index contributed by atoms with van der Waals surface area (Å²) in [5.41, 5.74) is 1.17. The summed E-state index contributed by atoms with van der Waals surface area (Å²) in [4.78, 5) is 31.2. The molecular formula is C29H29Cl2N5O5S. The van der Waals surface area contributed by atoms with E-state index in [1.54, 1.807) is 36.5 Å². The molecule has 0 fully saturated rings. The van der Waals surface area contributed by atoms with E-state index in [1.165, 1.54) is 24.3 Å². The molecule has 0 aliphatic rings. The number of aromatic nitrogens is 1. The van der Waals surface area contributed by atoms with Gasteiger partial charge in [0.2, 0.25) is 0 Å². The van der Waals surface area contributed by atoms with Gasteiger partial charge < -0.3 is 20.6 Å². The summed E-state index contributed by atoms with van der Waals surface area (Å²) in [6, 6.07) is 17.0. The first-order valence-corrected chi connectivity index (χ1v) is 15.0. The first-order valence-electron chi connectivity index (χ1n) is 12.8. The number of fused-ring (bicyclic) bond motifs is 1. The second-order valence-corrected chi connectivity index (χ2v) is 12.4. The summed E-state index contributed by atoms with van der Waals surface area (Å²) in [6.45, 7) is 0.961. The zero-order valence-electron chi connectivity index (χ0n) is 22.8. The summed E-state index contributed by atoms with van der Waals surface area (Å²) in [7, 11) is -0.432. The van der Waals surface area contributed by atoms with Crippen LogP contribution in [0.3, 0.4) is 0 Å². The number of carbonyl (C=O) groups excluding carboxylic acids is 1. The normalized spacial score (nSPS) is 11.5. The van der Waals surface area contributed by atoms with E-state index in [4.69, 9.17) is 23.2 Å². The lowest BCUT2D eigenvalue weighted by atomic mass is 10.0. The van der Waals surface area contributed by atoms with Crippen molar-refractivity contribution in [2.75, 3.05) is 43.4 Å². The number of hydrogen-bond donors (Lipinski definition) is 3. The molecular weight excluding hydrogens is 601 g/mol. The van der Waals surface area contributed by atoms with Gasteiger partial charge in [-0.1, -0.05) is 53.5 Å². The average molecular weight is 631 g/mol. The largest absolute Gasteiger partial charge is 0.480 e. The number of halogens is 2. The molecule has 3 aromatic carbocycles. The van der Waals surface area contributed by atoms with E-state index < -0.39 is 22.5 Å². The lowest BCUT2D eigenvalue weighted by Crippen LogP contribution is -2.36. The molecule has 0 spiro atoms. The van der Waals surface area contributed by atoms with Crippen LogP contribution in [0.4, 0.5) is 11.5 Å². The number of amides is 1. The van der Waals surface area contributed by atoms with Crippen LogP contribution in [0.2, 0.25) is 10.0 Å². The number of carbonyl (C=O) groups is 2. The summed E-state index contributed by atoms with van der Waals surface area (Å²) in [5, 5.41) is 16.7. The zero-order chi connectivity index (χ0) is 30.4. The van der Waals surface area contributed by atoms with E-state index in [0.29, 0.717) is 16.3 Å². The van der Waals surface area contributed by atoms with Crippen LogP contribution in [0.1, 0.15) is 15.9 Å². The number of benzene rings is 3. The van der Waals surface area contributed by atoms with Crippen LogP contribution < -0.4 is 14.9 Å². The number of hydrogen-bond acceptors (Lipinski definition) is 7. The van der Waals surface area contributed by atoms with Crippen LogP contribution in [-0.4, -0.2) is 69.0 Å². The highest BCUT2D eigenvalue weighted by atomic mass is 35.5. The Balaban J connectivity index is 1.61. The average Bonchev–Trinajstić information content (AvgIpc) is 2.94. The fourth-order valence-corrected chi connectivity index (χ4v) is 6.42. The van der Waals surface area contributed by atoms with Gasteiger partial charge in [-0.25, -0.2) is 13.4 Å². The number of anilines is 2. The van der Waals surface area contributed by atoms with Gasteiger partial charge in [-0.15, -0.1) is 0 Å². The minimum Gasteiger partial charge on any atom is -0.480 e. The molecule has 0 aliphatic carbocycles. The van der Waals surface area contributed by atoms with Crippen molar-refractivity contribution in [3.8, 4) is 0 Å². The lowest BCUT2D eigenvalue weighted by molar-refractivity contribution is -0.135. The summed E-state index contributed by atoms with van der Waals surface area (Å²) in [6.07, 6.45) is 1.68. The van der Waals surface area contributed by atoms with E-state index in [9.17, 15) is 23.1 Å². The molecule has 0 saturated carbocycles. The minimum atomic E-state index is -4.41. The minimum absolute atomic E-state index is 0.0821. The summed E-state index contributed by atoms with van der Waals surface area (Å²) < 4.78 is 28.1. The Labute approximate surface area is 253 Å². The van der Waals surface area contributed by atoms with Crippen molar-refractivity contribution in [1.82, 2.24) is 15.2 Å². The van der Waals surface area contributed by atoms with Gasteiger partial charge >= 0.3 is 5.97 Å². The zero-order valence-corrected chi connectivity index (χ0v) is 25.2. The van der Waals surface area contributed by atoms with Gasteiger partial charge in [0.25, 0.3) is 15.9 Å². The highest BCUT2D eigenvalue weighted by Gasteiger charge is 2.29. The monoisotopic (exact) mass is 629 g/mol. The van der Waals surface area contributed by atoms with Gasteiger partial charge in [0, 0.05) is 46.8 Å². The maximum Gasteiger partial charge on any atom is 0.324 e. The van der Waals surface area contributed by atoms with Crippen LogP contribution in [0.5, 0.6) is 0 Å². The Bertz CT molecular complexity index is 1700. The standard InChI is InChI=1S/C29H29Cl2N5O5S/c1-35(2)12-11-32-27-10-9-19(16-33-27)17-34-29(39)25-7-3-6-24-23(25)5-4-8-26(24)36(18-28(37)38)42(40,41)22-14-20(30)13-21(31)15-22/h3-10,13-16H,11-12,17-18H2,1-2H3,(H,32,33)(H,34,39)(H,37,38). The van der Waals surface area contributed by atoms with E-state index in [-0.39, 0.29) is 33.1 Å². The molecule has 3 N–H and O–H groups in total. The van der Waals surface area contributed by atoms with Crippen LogP contribution in [0, 0.1) is 0 Å². The number of carboxylic acid groups (broad SMARTS) is 1. The molecule has 220 valence electrons. The fourth-order valence-electron chi connectivity index (χ4n) is 4.25. The number of nitrogens with zero attached hydrogens (tertiary/aromatic N) is 3. The topological polar surface area (TPSA) is 132 Å². The number of likely N-dealkylation sites (N-methyl/N-ethyl adjacent to an activating group) is 1. The van der Waals surface area contributed by atoms with Crippen molar-refractivity contribution in [3.63, 3.8) is 0 Å². The first-order chi connectivity index (χ1) is 20.0. The van der Waals surface area contributed by atoms with Crippen molar-refractivity contribution < 1.29 is 23.1 Å². The molecule has 42 heavy (non-hydrogen) atoms. The molecule has 0 atom stereocenters. The maximum atomic E-state index is 13.7. The molecule has 0 saturated heterocycles. The SMILES string of the molecule is CN(C)CCNc1ccc(CNC(=O)c2cccc3c(N(CC(=O)O)S(=O)(=O)c4cc(Cl)cc(Cl)c4)cccc23)cn1. The van der Waals surface area contributed by atoms with Crippen LogP contribution in [-0.2, 0) is 21.4 Å². The third-order valence-electron chi connectivity index (χ3n) is 6.26. The number of pyridine rings is 1. The Morgan fingerprint density at radius 3 is 2.29 bits per heavy atom. The number of sulfonamides is 1. The van der Waals surface area contributed by atoms with Crippen molar-refractivity contribution in [2.45, 2.75) is 11.4 Å². The molecule has 0 bridgehead atoms. The smallest absolute Gasteiger partial charge is 0.324 e. The van der Waals surface area contributed by atoms with Gasteiger partial charge in [-0.2, -0.15) is 0 Å². The molecule has 0 aliphatic heterocycles. The van der Waals surface area contributed by atoms with Gasteiger partial charge in [0.05, 0.1) is 10.6 Å². The van der Waals surface area contributed by atoms with Gasteiger partial charge in [0.15, 0.2) is 0 Å². The summed E-state index contributed by atoms with van der Waals surface area (Å²) in [5.74, 6) is -1.03. The van der Waals surface area contributed by atoms with Crippen molar-refractivity contribution in [2.24, 2.45) is 0 Å². The van der Waals surface area contributed by atoms with Gasteiger partial charge in [0.1, 0.15) is 12.4 Å². The van der Waals surface area contributed by atoms with Crippen molar-refractivity contribution in [1.29, 1.82) is 0 Å². The Morgan fingerprint density at radius 1 is 0.952 bits per heavy atom. The first kappa shape index (κ1) is 31.0. The number of rotatable bonds is 12. The van der Waals surface area contributed by atoms with Gasteiger partial charge in [-0.05, 0) is 61.4 Å². The number of aliphatic carboxylic acids is 1. The fraction of sp³-hybridized carbons (Fsp3) is 0.207. The molecule has 4 rings (SSSR count). The maximum absolute atomic E-state index is 13.7. The highest BCUT2D eigenvalue weighted by molar-refractivity contribution is 7.93. The molecule has 1 aromatic heterocycles. The van der Waals surface area contributed by atoms with Crippen LogP contribution >= 0.6 is 23.2 Å². The molecule has 13 heteroatoms. The van der Waals surface area contributed by atoms with Crippen molar-refractivity contribution in [3.05, 3.63) is 94.1 Å². The third kappa shape index (κ3) is 7.48. The quantitative estimate of drug-likeness (QED) is 0.205. The second-order valence-electron chi connectivity index (χ2n) is 9.65. The van der Waals surface area contributed by atoms with Gasteiger partial charge in [-0.3, -0.25) is 13.9 Å². The van der Waals surface area contributed by atoms with Crippen LogP contribution in [0.15, 0.2) is 77.8 Å². The van der Waals surface area contributed by atoms with Crippen LogP contribution in [0.25, 0.3) is 10.8 Å². The highest BCUT2D eigenvalue weighted by Crippen LogP contribution is 2.34. The second kappa shape index (κ2) is 13.4. The van der Waals surface area contributed by atoms with E-state index in [0.717, 1.165) is 28.8 Å². The van der Waals surface area contributed by atoms with E-state index in [1.807, 2.05) is 26.2 Å². The number of carboxylic acids is 1. The molecule has 10 nitrogen and oxygen atoms in total. The Morgan fingerprint density at radius 2 is 1.64 bits per heavy atom. The number of nitrogens with one attached hydrogen (secondary N) is 2.